The second kappa shape index (κ2) is 10.5. The van der Waals surface area contributed by atoms with Gasteiger partial charge in [-0.25, -0.2) is 9.97 Å². The highest BCUT2D eigenvalue weighted by molar-refractivity contribution is 6.07. The standard InChI is InChI=1S/C43H27N5/c1-3-17-35-28(10-1)21-22-36(45-35)31-13-7-11-29(26-31)30-12-8-14-32(27-30)47-39-18-4-2-15-34(39)43-46-38-24-23-37-33(16-9-25-44-37)42(38)48(43)41-20-6-5-19-40(41)47/h1-27H. The summed E-state index contributed by atoms with van der Waals surface area (Å²) in [5, 5.41) is 2.22. The molecule has 5 nitrogen and oxygen atoms in total. The molecular formula is C43H27N5. The van der Waals surface area contributed by atoms with E-state index in [-0.39, 0.29) is 0 Å². The van der Waals surface area contributed by atoms with Gasteiger partial charge in [0.25, 0.3) is 0 Å². The Morgan fingerprint density at radius 3 is 2.15 bits per heavy atom. The third-order valence-corrected chi connectivity index (χ3v) is 9.34. The summed E-state index contributed by atoms with van der Waals surface area (Å²) in [6, 6.07) is 55.5. The van der Waals surface area contributed by atoms with Gasteiger partial charge in [0.1, 0.15) is 5.82 Å². The largest absolute Gasteiger partial charge is 0.308 e. The number of rotatable bonds is 3. The van der Waals surface area contributed by atoms with Gasteiger partial charge in [0.15, 0.2) is 0 Å². The van der Waals surface area contributed by atoms with E-state index in [9.17, 15) is 0 Å². The van der Waals surface area contributed by atoms with Crippen LogP contribution in [-0.4, -0.2) is 19.5 Å². The van der Waals surface area contributed by atoms with Crippen LogP contribution in [0.2, 0.25) is 0 Å². The Morgan fingerprint density at radius 2 is 1.21 bits per heavy atom. The summed E-state index contributed by atoms with van der Waals surface area (Å²) in [4.78, 5) is 17.3. The van der Waals surface area contributed by atoms with Crippen molar-refractivity contribution in [2.75, 3.05) is 4.90 Å². The van der Waals surface area contributed by atoms with Crippen molar-refractivity contribution in [3.05, 3.63) is 164 Å². The summed E-state index contributed by atoms with van der Waals surface area (Å²) in [6.07, 6.45) is 1.85. The van der Waals surface area contributed by atoms with Crippen molar-refractivity contribution in [3.63, 3.8) is 0 Å². The molecule has 6 aromatic carbocycles. The molecule has 10 rings (SSSR count). The zero-order chi connectivity index (χ0) is 31.6. The molecule has 0 spiro atoms. The van der Waals surface area contributed by atoms with E-state index in [1.807, 2.05) is 24.4 Å². The molecule has 1 aliphatic rings. The first-order chi connectivity index (χ1) is 23.8. The van der Waals surface area contributed by atoms with Crippen LogP contribution >= 0.6 is 0 Å². The highest BCUT2D eigenvalue weighted by atomic mass is 15.2. The quantitative estimate of drug-likeness (QED) is 0.199. The zero-order valence-corrected chi connectivity index (χ0v) is 25.8. The first kappa shape index (κ1) is 26.6. The molecule has 3 aromatic heterocycles. The normalized spacial score (nSPS) is 12.1. The molecular weight excluding hydrogens is 587 g/mol. The van der Waals surface area contributed by atoms with Gasteiger partial charge < -0.3 is 4.90 Å². The van der Waals surface area contributed by atoms with Gasteiger partial charge in [0.05, 0.1) is 44.8 Å². The minimum absolute atomic E-state index is 0.915. The van der Waals surface area contributed by atoms with Crippen LogP contribution in [0.15, 0.2) is 164 Å². The van der Waals surface area contributed by atoms with E-state index in [0.717, 1.165) is 89.4 Å². The van der Waals surface area contributed by atoms with Crippen molar-refractivity contribution >= 4 is 49.9 Å². The number of aromatic nitrogens is 4. The maximum absolute atomic E-state index is 5.26. The lowest BCUT2D eigenvalue weighted by molar-refractivity contribution is 1.11. The van der Waals surface area contributed by atoms with E-state index in [2.05, 4.69) is 154 Å². The number of para-hydroxylation sites is 4. The van der Waals surface area contributed by atoms with E-state index < -0.39 is 0 Å². The Balaban J connectivity index is 1.15. The zero-order valence-electron chi connectivity index (χ0n) is 25.8. The maximum atomic E-state index is 5.26. The van der Waals surface area contributed by atoms with Crippen LogP contribution in [0.4, 0.5) is 17.1 Å². The number of hydrogen-bond donors (Lipinski definition) is 0. The molecule has 5 heteroatoms. The van der Waals surface area contributed by atoms with Gasteiger partial charge in [-0.2, -0.15) is 0 Å². The predicted octanol–water partition coefficient (Wildman–Crippen LogP) is 10.9. The van der Waals surface area contributed by atoms with Crippen LogP contribution in [0.1, 0.15) is 0 Å². The van der Waals surface area contributed by atoms with Crippen molar-refractivity contribution in [2.45, 2.75) is 0 Å². The number of benzene rings is 6. The number of nitrogens with zero attached hydrogens (tertiary/aromatic N) is 5. The molecule has 9 aromatic rings. The average molecular weight is 614 g/mol. The Bertz CT molecular complexity index is 2710. The van der Waals surface area contributed by atoms with E-state index >= 15 is 0 Å². The molecule has 0 atom stereocenters. The molecule has 0 amide bonds. The molecule has 4 heterocycles. The lowest BCUT2D eigenvalue weighted by Gasteiger charge is -2.27. The molecule has 48 heavy (non-hydrogen) atoms. The molecule has 0 unspecified atom stereocenters. The van der Waals surface area contributed by atoms with Crippen LogP contribution in [0.5, 0.6) is 0 Å². The van der Waals surface area contributed by atoms with Gasteiger partial charge >= 0.3 is 0 Å². The van der Waals surface area contributed by atoms with Crippen LogP contribution in [0.25, 0.3) is 72.3 Å². The second-order valence-electron chi connectivity index (χ2n) is 12.1. The highest BCUT2D eigenvalue weighted by Gasteiger charge is 2.29. The molecule has 0 saturated heterocycles. The highest BCUT2D eigenvalue weighted by Crippen LogP contribution is 2.48. The van der Waals surface area contributed by atoms with Gasteiger partial charge in [-0.05, 0) is 90.0 Å². The number of hydrogen-bond acceptors (Lipinski definition) is 4. The van der Waals surface area contributed by atoms with Crippen molar-refractivity contribution in [1.82, 2.24) is 19.5 Å². The van der Waals surface area contributed by atoms with E-state index in [1.165, 1.54) is 0 Å². The summed E-state index contributed by atoms with van der Waals surface area (Å²) in [5.41, 5.74) is 13.7. The van der Waals surface area contributed by atoms with E-state index in [4.69, 9.17) is 9.97 Å². The second-order valence-corrected chi connectivity index (χ2v) is 12.1. The molecule has 0 N–H and O–H groups in total. The van der Waals surface area contributed by atoms with Crippen molar-refractivity contribution in [3.8, 4) is 39.5 Å². The Hall–Kier alpha value is -6.59. The first-order valence-corrected chi connectivity index (χ1v) is 16.1. The molecule has 1 aliphatic heterocycles. The van der Waals surface area contributed by atoms with E-state index in [1.54, 1.807) is 0 Å². The molecule has 0 bridgehead atoms. The lowest BCUT2D eigenvalue weighted by Crippen LogP contribution is -2.11. The molecule has 0 radical (unpaired) electrons. The Kier molecular flexibility index (Phi) is 5.81. The van der Waals surface area contributed by atoms with Gasteiger partial charge in [0, 0.05) is 33.8 Å². The smallest absolute Gasteiger partial charge is 0.147 e. The summed E-state index contributed by atoms with van der Waals surface area (Å²) in [6.45, 7) is 0. The maximum Gasteiger partial charge on any atom is 0.147 e. The summed E-state index contributed by atoms with van der Waals surface area (Å²) >= 11 is 0. The number of anilines is 3. The minimum Gasteiger partial charge on any atom is -0.308 e. The third-order valence-electron chi connectivity index (χ3n) is 9.34. The van der Waals surface area contributed by atoms with Gasteiger partial charge in [-0.15, -0.1) is 0 Å². The van der Waals surface area contributed by atoms with Crippen LogP contribution in [0.3, 0.4) is 0 Å². The van der Waals surface area contributed by atoms with Gasteiger partial charge in [0.2, 0.25) is 0 Å². The SMILES string of the molecule is c1cc(-c2cccc(N3c4ccccc4-c4nc5ccc6ncccc6c5n4-c4ccccc43)c2)cc(-c2ccc3ccccc3n2)c1. The predicted molar refractivity (Wildman–Crippen MR) is 196 cm³/mol. The number of imidazole rings is 1. The van der Waals surface area contributed by atoms with E-state index in [0.29, 0.717) is 0 Å². The third kappa shape index (κ3) is 4.08. The fraction of sp³-hybridized carbons (Fsp3) is 0. The summed E-state index contributed by atoms with van der Waals surface area (Å²) < 4.78 is 2.32. The molecule has 0 fully saturated rings. The molecule has 224 valence electrons. The number of pyridine rings is 2. The lowest BCUT2D eigenvalue weighted by atomic mass is 10.00. The summed E-state index contributed by atoms with van der Waals surface area (Å²) in [5.74, 6) is 0.915. The average Bonchev–Trinajstić information content (AvgIpc) is 3.50. The summed E-state index contributed by atoms with van der Waals surface area (Å²) in [7, 11) is 0. The number of fused-ring (bicyclic) bond motifs is 10. The van der Waals surface area contributed by atoms with Gasteiger partial charge in [-0.1, -0.05) is 78.9 Å². The van der Waals surface area contributed by atoms with Crippen molar-refractivity contribution < 1.29 is 0 Å². The fourth-order valence-corrected chi connectivity index (χ4v) is 7.15. The Labute approximate surface area is 277 Å². The molecule has 0 aliphatic carbocycles. The monoisotopic (exact) mass is 613 g/mol. The van der Waals surface area contributed by atoms with Gasteiger partial charge in [-0.3, -0.25) is 9.55 Å². The van der Waals surface area contributed by atoms with Crippen LogP contribution in [-0.2, 0) is 0 Å². The van der Waals surface area contributed by atoms with Crippen LogP contribution < -0.4 is 4.90 Å². The topological polar surface area (TPSA) is 46.8 Å². The first-order valence-electron chi connectivity index (χ1n) is 16.1. The minimum atomic E-state index is 0.915. The fourth-order valence-electron chi connectivity index (χ4n) is 7.15. The van der Waals surface area contributed by atoms with Crippen molar-refractivity contribution in [1.29, 1.82) is 0 Å². The van der Waals surface area contributed by atoms with Crippen molar-refractivity contribution in [2.24, 2.45) is 0 Å². The Morgan fingerprint density at radius 1 is 0.458 bits per heavy atom. The molecule has 0 saturated carbocycles. The van der Waals surface area contributed by atoms with Crippen LogP contribution in [0, 0.1) is 0 Å².